The molecule has 1 atom stereocenters. The van der Waals surface area contributed by atoms with E-state index in [1.165, 1.54) is 0 Å². The molecule has 0 fully saturated rings. The minimum Gasteiger partial charge on any atom is -0.434 e. The van der Waals surface area contributed by atoms with Crippen LogP contribution in [0.4, 0.5) is 8.78 Å². The van der Waals surface area contributed by atoms with Gasteiger partial charge in [-0.2, -0.15) is 13.9 Å². The lowest BCUT2D eigenvalue weighted by atomic mass is 10.0. The normalized spacial score (nSPS) is 12.6. The van der Waals surface area contributed by atoms with Crippen molar-refractivity contribution in [2.45, 2.75) is 32.5 Å². The maximum atomic E-state index is 12.6. The van der Waals surface area contributed by atoms with Crippen LogP contribution in [0.3, 0.4) is 0 Å². The summed E-state index contributed by atoms with van der Waals surface area (Å²) in [5, 5.41) is 7.43. The van der Waals surface area contributed by atoms with Gasteiger partial charge >= 0.3 is 6.61 Å². The molecule has 0 saturated heterocycles. The van der Waals surface area contributed by atoms with Gasteiger partial charge in [0.25, 0.3) is 0 Å². The number of benzene rings is 1. The van der Waals surface area contributed by atoms with Crippen LogP contribution in [0.5, 0.6) is 5.75 Å². The van der Waals surface area contributed by atoms with Gasteiger partial charge in [-0.15, -0.1) is 0 Å². The predicted molar refractivity (Wildman–Crippen MR) is 76.5 cm³/mol. The molecular formula is C15H19F2N3O. The molecule has 1 aromatic heterocycles. The summed E-state index contributed by atoms with van der Waals surface area (Å²) in [6.07, 6.45) is 2.66. The fourth-order valence-corrected chi connectivity index (χ4v) is 2.37. The fraction of sp³-hybridized carbons (Fsp3) is 0.400. The van der Waals surface area contributed by atoms with Crippen molar-refractivity contribution in [3.8, 4) is 5.75 Å². The highest BCUT2D eigenvalue weighted by molar-refractivity contribution is 5.40. The molecule has 1 heterocycles. The molecule has 4 nitrogen and oxygen atoms in total. The minimum atomic E-state index is -2.84. The van der Waals surface area contributed by atoms with E-state index in [0.717, 1.165) is 18.7 Å². The number of halogens is 2. The molecule has 2 rings (SSSR count). The molecule has 0 radical (unpaired) electrons. The molecule has 0 spiro atoms. The summed E-state index contributed by atoms with van der Waals surface area (Å²) in [6.45, 7) is -0.00396. The summed E-state index contributed by atoms with van der Waals surface area (Å²) in [7, 11) is 1.78. The first kappa shape index (κ1) is 15.4. The topological polar surface area (TPSA) is 39.1 Å². The van der Waals surface area contributed by atoms with Gasteiger partial charge in [0.15, 0.2) is 0 Å². The first-order valence-electron chi connectivity index (χ1n) is 6.90. The Balaban J connectivity index is 2.39. The molecule has 0 aliphatic carbocycles. The largest absolute Gasteiger partial charge is 0.434 e. The number of hydrogen-bond acceptors (Lipinski definition) is 3. The van der Waals surface area contributed by atoms with Crippen molar-refractivity contribution < 1.29 is 13.5 Å². The summed E-state index contributed by atoms with van der Waals surface area (Å²) >= 11 is 0. The molecule has 0 aliphatic rings. The van der Waals surface area contributed by atoms with E-state index in [0.29, 0.717) is 5.56 Å². The van der Waals surface area contributed by atoms with E-state index in [4.69, 9.17) is 0 Å². The predicted octanol–water partition coefficient (Wildman–Crippen LogP) is 3.20. The number of aryl methyl sites for hydroxylation is 1. The second-order valence-corrected chi connectivity index (χ2v) is 4.62. The third-order valence-electron chi connectivity index (χ3n) is 3.22. The molecule has 6 heteroatoms. The zero-order valence-electron chi connectivity index (χ0n) is 12.1. The second kappa shape index (κ2) is 7.17. The maximum absolute atomic E-state index is 12.6. The summed E-state index contributed by atoms with van der Waals surface area (Å²) in [6, 6.07) is 8.44. The van der Waals surface area contributed by atoms with Crippen LogP contribution in [-0.4, -0.2) is 23.4 Å². The van der Waals surface area contributed by atoms with Crippen molar-refractivity contribution in [3.63, 3.8) is 0 Å². The molecule has 1 N–H and O–H groups in total. The Hall–Kier alpha value is -1.95. The number of ether oxygens (including phenoxy) is 1. The molecule has 0 aliphatic heterocycles. The van der Waals surface area contributed by atoms with Crippen LogP contribution in [0.2, 0.25) is 0 Å². The Morgan fingerprint density at radius 1 is 1.29 bits per heavy atom. The highest BCUT2D eigenvalue weighted by Crippen LogP contribution is 2.30. The van der Waals surface area contributed by atoms with Crippen LogP contribution in [-0.2, 0) is 6.54 Å². The lowest BCUT2D eigenvalue weighted by Crippen LogP contribution is -2.22. The van der Waals surface area contributed by atoms with Crippen LogP contribution in [0.25, 0.3) is 0 Å². The smallest absolute Gasteiger partial charge is 0.387 e. The van der Waals surface area contributed by atoms with Gasteiger partial charge in [0.1, 0.15) is 5.75 Å². The number of aromatic nitrogens is 2. The molecular weight excluding hydrogens is 276 g/mol. The quantitative estimate of drug-likeness (QED) is 0.852. The number of alkyl halides is 2. The zero-order chi connectivity index (χ0) is 15.2. The standard InChI is InChI=1S/C15H19F2N3O/c1-3-10-20-12(8-9-19-20)14(18-2)11-6-4-5-7-13(11)21-15(16)17/h4-9,14-15,18H,3,10H2,1-2H3. The number of para-hydroxylation sites is 1. The molecule has 2 aromatic rings. The molecule has 21 heavy (non-hydrogen) atoms. The number of rotatable bonds is 7. The van der Waals surface area contributed by atoms with Gasteiger partial charge in [-0.25, -0.2) is 0 Å². The third kappa shape index (κ3) is 3.58. The van der Waals surface area contributed by atoms with Crippen LogP contribution >= 0.6 is 0 Å². The summed E-state index contributed by atoms with van der Waals surface area (Å²) in [4.78, 5) is 0. The monoisotopic (exact) mass is 295 g/mol. The first-order valence-corrected chi connectivity index (χ1v) is 6.90. The summed E-state index contributed by atoms with van der Waals surface area (Å²) in [5.41, 5.74) is 1.59. The molecule has 1 aromatic carbocycles. The van der Waals surface area contributed by atoms with E-state index in [1.54, 1.807) is 37.5 Å². The van der Waals surface area contributed by atoms with Crippen LogP contribution in [0, 0.1) is 0 Å². The van der Waals surface area contributed by atoms with Crippen molar-refractivity contribution >= 4 is 0 Å². The van der Waals surface area contributed by atoms with Crippen LogP contribution in [0.15, 0.2) is 36.5 Å². The lowest BCUT2D eigenvalue weighted by molar-refractivity contribution is -0.0506. The highest BCUT2D eigenvalue weighted by atomic mass is 19.3. The number of nitrogens with zero attached hydrogens (tertiary/aromatic N) is 2. The van der Waals surface area contributed by atoms with Crippen LogP contribution in [0.1, 0.15) is 30.6 Å². The second-order valence-electron chi connectivity index (χ2n) is 4.62. The molecule has 0 amide bonds. The van der Waals surface area contributed by atoms with Crippen molar-refractivity contribution in [3.05, 3.63) is 47.8 Å². The Bertz CT molecular complexity index is 572. The van der Waals surface area contributed by atoms with Crippen molar-refractivity contribution in [1.29, 1.82) is 0 Å². The van der Waals surface area contributed by atoms with E-state index >= 15 is 0 Å². The van der Waals surface area contributed by atoms with E-state index in [2.05, 4.69) is 22.1 Å². The zero-order valence-corrected chi connectivity index (χ0v) is 12.1. The Kier molecular flexibility index (Phi) is 5.27. The van der Waals surface area contributed by atoms with E-state index in [-0.39, 0.29) is 11.8 Å². The number of hydrogen-bond donors (Lipinski definition) is 1. The molecule has 114 valence electrons. The summed E-state index contributed by atoms with van der Waals surface area (Å²) < 4.78 is 31.6. The van der Waals surface area contributed by atoms with Gasteiger partial charge in [0.05, 0.1) is 11.7 Å². The van der Waals surface area contributed by atoms with Gasteiger partial charge < -0.3 is 10.1 Å². The van der Waals surface area contributed by atoms with Gasteiger partial charge in [0, 0.05) is 18.3 Å². The van der Waals surface area contributed by atoms with E-state index < -0.39 is 6.61 Å². The Morgan fingerprint density at radius 2 is 2.05 bits per heavy atom. The average molecular weight is 295 g/mol. The minimum absolute atomic E-state index is 0.177. The van der Waals surface area contributed by atoms with Gasteiger partial charge in [-0.05, 0) is 25.6 Å². The van der Waals surface area contributed by atoms with Crippen LogP contribution < -0.4 is 10.1 Å². The SMILES string of the molecule is CCCn1nccc1C(NC)c1ccccc1OC(F)F. The van der Waals surface area contributed by atoms with Crippen molar-refractivity contribution in [2.24, 2.45) is 0 Å². The van der Waals surface area contributed by atoms with E-state index in [1.807, 2.05) is 10.7 Å². The van der Waals surface area contributed by atoms with Gasteiger partial charge in [-0.3, -0.25) is 4.68 Å². The summed E-state index contributed by atoms with van der Waals surface area (Å²) in [5.74, 6) is 0.177. The highest BCUT2D eigenvalue weighted by Gasteiger charge is 2.21. The Labute approximate surface area is 122 Å². The number of nitrogens with one attached hydrogen (secondary N) is 1. The van der Waals surface area contributed by atoms with Crippen molar-refractivity contribution in [1.82, 2.24) is 15.1 Å². The average Bonchev–Trinajstić information content (AvgIpc) is 2.90. The Morgan fingerprint density at radius 3 is 2.71 bits per heavy atom. The fourth-order valence-electron chi connectivity index (χ4n) is 2.37. The van der Waals surface area contributed by atoms with Gasteiger partial charge in [-0.1, -0.05) is 25.1 Å². The van der Waals surface area contributed by atoms with Gasteiger partial charge in [0.2, 0.25) is 0 Å². The third-order valence-corrected chi connectivity index (χ3v) is 3.22. The maximum Gasteiger partial charge on any atom is 0.387 e. The molecule has 0 saturated carbocycles. The van der Waals surface area contributed by atoms with Crippen molar-refractivity contribution in [2.75, 3.05) is 7.05 Å². The lowest BCUT2D eigenvalue weighted by Gasteiger charge is -2.21. The van der Waals surface area contributed by atoms with E-state index in [9.17, 15) is 8.78 Å². The molecule has 0 bridgehead atoms. The first-order chi connectivity index (χ1) is 10.2. The molecule has 1 unspecified atom stereocenters.